The van der Waals surface area contributed by atoms with E-state index in [4.69, 9.17) is 4.74 Å². The van der Waals surface area contributed by atoms with Crippen LogP contribution in [0.5, 0.6) is 5.75 Å². The normalized spacial score (nSPS) is 19.6. The number of halogens is 1. The molecule has 1 fully saturated rings. The molecule has 3 heteroatoms. The molecule has 0 aliphatic heterocycles. The van der Waals surface area contributed by atoms with Crippen molar-refractivity contribution in [1.82, 2.24) is 5.32 Å². The van der Waals surface area contributed by atoms with E-state index in [1.54, 1.807) is 6.07 Å². The van der Waals surface area contributed by atoms with Crippen LogP contribution >= 0.6 is 0 Å². The summed E-state index contributed by atoms with van der Waals surface area (Å²) < 4.78 is 18.5. The van der Waals surface area contributed by atoms with Crippen LogP contribution in [0.4, 0.5) is 4.39 Å². The Morgan fingerprint density at radius 2 is 2.00 bits per heavy atom. The number of ether oxygens (including phenoxy) is 1. The van der Waals surface area contributed by atoms with Crippen molar-refractivity contribution in [3.63, 3.8) is 0 Å². The predicted molar refractivity (Wildman–Crippen MR) is 80.6 cm³/mol. The highest BCUT2D eigenvalue weighted by atomic mass is 19.1. The fourth-order valence-electron chi connectivity index (χ4n) is 3.05. The van der Waals surface area contributed by atoms with Gasteiger partial charge in [0, 0.05) is 12.6 Å². The van der Waals surface area contributed by atoms with Crippen LogP contribution in [0.15, 0.2) is 18.2 Å². The van der Waals surface area contributed by atoms with Crippen molar-refractivity contribution in [2.75, 3.05) is 13.7 Å². The molecule has 0 aromatic heterocycles. The molecule has 2 nitrogen and oxygen atoms in total. The van der Waals surface area contributed by atoms with Gasteiger partial charge in [-0.2, -0.15) is 0 Å². The standard InChI is InChI=1S/C17H26FNO/c1-13(14-7-8-15(18)16(11-14)20-3)19-12-17(2)9-5-4-6-10-17/h7-8,11,13,19H,4-6,9-10,12H2,1-3H3. The summed E-state index contributed by atoms with van der Waals surface area (Å²) in [6.45, 7) is 5.52. The summed E-state index contributed by atoms with van der Waals surface area (Å²) in [5.74, 6) is 0.0164. The molecule has 1 saturated carbocycles. The molecule has 0 amide bonds. The summed E-state index contributed by atoms with van der Waals surface area (Å²) in [5.41, 5.74) is 1.49. The SMILES string of the molecule is COc1cc(C(C)NCC2(C)CCCCC2)ccc1F. The van der Waals surface area contributed by atoms with E-state index in [0.717, 1.165) is 12.1 Å². The van der Waals surface area contributed by atoms with Gasteiger partial charge >= 0.3 is 0 Å². The molecule has 0 bridgehead atoms. The van der Waals surface area contributed by atoms with Gasteiger partial charge in [-0.25, -0.2) is 4.39 Å². The maximum Gasteiger partial charge on any atom is 0.165 e. The highest BCUT2D eigenvalue weighted by Gasteiger charge is 2.27. The Hall–Kier alpha value is -1.09. The van der Waals surface area contributed by atoms with Crippen LogP contribution in [-0.4, -0.2) is 13.7 Å². The van der Waals surface area contributed by atoms with E-state index in [2.05, 4.69) is 19.2 Å². The Kier molecular flexibility index (Phi) is 5.03. The van der Waals surface area contributed by atoms with Gasteiger partial charge in [0.05, 0.1) is 7.11 Å². The number of methoxy groups -OCH3 is 1. The van der Waals surface area contributed by atoms with Crippen LogP contribution in [0.25, 0.3) is 0 Å². The Morgan fingerprint density at radius 3 is 2.65 bits per heavy atom. The number of benzene rings is 1. The van der Waals surface area contributed by atoms with E-state index in [1.165, 1.54) is 45.3 Å². The summed E-state index contributed by atoms with van der Waals surface area (Å²) in [5, 5.41) is 3.60. The lowest BCUT2D eigenvalue weighted by Gasteiger charge is -2.35. The third-order valence-corrected chi connectivity index (χ3v) is 4.57. The molecule has 2 rings (SSSR count). The van der Waals surface area contributed by atoms with Crippen LogP contribution in [0.3, 0.4) is 0 Å². The van der Waals surface area contributed by atoms with Crippen molar-refractivity contribution in [3.8, 4) is 5.75 Å². The van der Waals surface area contributed by atoms with Crippen molar-refractivity contribution >= 4 is 0 Å². The van der Waals surface area contributed by atoms with Gasteiger partial charge in [0.15, 0.2) is 11.6 Å². The van der Waals surface area contributed by atoms with E-state index < -0.39 is 0 Å². The summed E-state index contributed by atoms with van der Waals surface area (Å²) in [6, 6.07) is 5.31. The molecule has 1 aromatic carbocycles. The summed E-state index contributed by atoms with van der Waals surface area (Å²) in [6.07, 6.45) is 6.67. The van der Waals surface area contributed by atoms with E-state index >= 15 is 0 Å². The quantitative estimate of drug-likeness (QED) is 0.859. The van der Waals surface area contributed by atoms with Gasteiger partial charge in [-0.15, -0.1) is 0 Å². The van der Waals surface area contributed by atoms with E-state index in [9.17, 15) is 4.39 Å². The molecule has 1 aromatic rings. The molecule has 1 N–H and O–H groups in total. The van der Waals surface area contributed by atoms with Crippen molar-refractivity contribution in [1.29, 1.82) is 0 Å². The third-order valence-electron chi connectivity index (χ3n) is 4.57. The lowest BCUT2D eigenvalue weighted by atomic mass is 9.75. The zero-order valence-electron chi connectivity index (χ0n) is 12.8. The predicted octanol–water partition coefficient (Wildman–Crippen LogP) is 4.46. The lowest BCUT2D eigenvalue weighted by Crippen LogP contribution is -2.35. The largest absolute Gasteiger partial charge is 0.494 e. The summed E-state index contributed by atoms with van der Waals surface area (Å²) in [7, 11) is 1.50. The minimum atomic E-state index is -0.303. The highest BCUT2D eigenvalue weighted by Crippen LogP contribution is 2.35. The van der Waals surface area contributed by atoms with Crippen LogP contribution < -0.4 is 10.1 Å². The van der Waals surface area contributed by atoms with E-state index in [1.807, 2.05) is 6.07 Å². The van der Waals surface area contributed by atoms with Gasteiger partial charge in [-0.3, -0.25) is 0 Å². The molecular weight excluding hydrogens is 253 g/mol. The van der Waals surface area contributed by atoms with E-state index in [0.29, 0.717) is 11.2 Å². The first kappa shape index (κ1) is 15.3. The monoisotopic (exact) mass is 279 g/mol. The molecule has 1 aliphatic rings. The molecule has 20 heavy (non-hydrogen) atoms. The van der Waals surface area contributed by atoms with Crippen LogP contribution in [0, 0.1) is 11.2 Å². The van der Waals surface area contributed by atoms with Gasteiger partial charge in [-0.1, -0.05) is 32.3 Å². The Labute approximate surface area is 121 Å². The second kappa shape index (κ2) is 6.57. The van der Waals surface area contributed by atoms with E-state index in [-0.39, 0.29) is 11.9 Å². The minimum absolute atomic E-state index is 0.211. The first-order valence-corrected chi connectivity index (χ1v) is 7.61. The maximum atomic E-state index is 13.4. The van der Waals surface area contributed by atoms with Crippen LogP contribution in [-0.2, 0) is 0 Å². The molecule has 0 spiro atoms. The molecular formula is C17H26FNO. The fraction of sp³-hybridized carbons (Fsp3) is 0.647. The number of hydrogen-bond acceptors (Lipinski definition) is 2. The van der Waals surface area contributed by atoms with Crippen LogP contribution in [0.1, 0.15) is 57.6 Å². The summed E-state index contributed by atoms with van der Waals surface area (Å²) >= 11 is 0. The highest BCUT2D eigenvalue weighted by molar-refractivity contribution is 5.31. The first-order chi connectivity index (χ1) is 9.54. The number of rotatable bonds is 5. The van der Waals surface area contributed by atoms with Gasteiger partial charge in [-0.05, 0) is 42.9 Å². The smallest absolute Gasteiger partial charge is 0.165 e. The Balaban J connectivity index is 1.95. The molecule has 0 saturated heterocycles. The average molecular weight is 279 g/mol. The lowest BCUT2D eigenvalue weighted by molar-refractivity contribution is 0.202. The zero-order valence-corrected chi connectivity index (χ0v) is 12.8. The summed E-state index contributed by atoms with van der Waals surface area (Å²) in [4.78, 5) is 0. The topological polar surface area (TPSA) is 21.3 Å². The Morgan fingerprint density at radius 1 is 1.30 bits per heavy atom. The molecule has 0 heterocycles. The fourth-order valence-corrected chi connectivity index (χ4v) is 3.05. The second-order valence-corrected chi connectivity index (χ2v) is 6.37. The van der Waals surface area contributed by atoms with Crippen molar-refractivity contribution in [2.24, 2.45) is 5.41 Å². The van der Waals surface area contributed by atoms with Crippen molar-refractivity contribution in [3.05, 3.63) is 29.6 Å². The number of hydrogen-bond donors (Lipinski definition) is 1. The zero-order chi connectivity index (χ0) is 14.6. The third kappa shape index (κ3) is 3.72. The Bertz CT molecular complexity index is 441. The van der Waals surface area contributed by atoms with Gasteiger partial charge < -0.3 is 10.1 Å². The molecule has 112 valence electrons. The van der Waals surface area contributed by atoms with Gasteiger partial charge in [0.2, 0.25) is 0 Å². The van der Waals surface area contributed by atoms with Gasteiger partial charge in [0.1, 0.15) is 0 Å². The minimum Gasteiger partial charge on any atom is -0.494 e. The molecule has 1 atom stereocenters. The first-order valence-electron chi connectivity index (χ1n) is 7.61. The van der Waals surface area contributed by atoms with Crippen molar-refractivity contribution in [2.45, 2.75) is 52.0 Å². The van der Waals surface area contributed by atoms with Gasteiger partial charge in [0.25, 0.3) is 0 Å². The number of nitrogens with one attached hydrogen (secondary N) is 1. The second-order valence-electron chi connectivity index (χ2n) is 6.37. The maximum absolute atomic E-state index is 13.4. The molecule has 0 radical (unpaired) electrons. The average Bonchev–Trinajstić information content (AvgIpc) is 2.46. The van der Waals surface area contributed by atoms with Crippen LogP contribution in [0.2, 0.25) is 0 Å². The molecule has 1 aliphatic carbocycles. The van der Waals surface area contributed by atoms with Crippen molar-refractivity contribution < 1.29 is 9.13 Å². The molecule has 1 unspecified atom stereocenters.